The van der Waals surface area contributed by atoms with Gasteiger partial charge in [-0.05, 0) is 135 Å². The van der Waals surface area contributed by atoms with Gasteiger partial charge in [0, 0.05) is 109 Å². The van der Waals surface area contributed by atoms with Gasteiger partial charge in [-0.25, -0.2) is 36.6 Å². The number of amides is 8. The number of alkyl carbamates (subject to hydrolysis) is 1. The van der Waals surface area contributed by atoms with Gasteiger partial charge >= 0.3 is 43.4 Å². The minimum atomic E-state index is -5.48. The molecule has 4 unspecified atom stereocenters. The lowest BCUT2D eigenvalue weighted by Gasteiger charge is -2.62. The molecule has 12 aliphatic rings. The number of fused-ring (bicyclic) bond motifs is 13. The lowest BCUT2D eigenvalue weighted by atomic mass is 9.44. The van der Waals surface area contributed by atoms with Crippen LogP contribution >= 0.6 is 31.3 Å². The number of Topliss-reactive ketones (excluding diaryl/α,β-unsaturated/α-hetero) is 2. The Balaban J connectivity index is 0.000000189. The van der Waals surface area contributed by atoms with Crippen molar-refractivity contribution >= 4 is 108 Å². The molecule has 125 heavy (non-hydrogen) atoms. The third kappa shape index (κ3) is 18.0. The van der Waals surface area contributed by atoms with Gasteiger partial charge in [0.15, 0.2) is 34.5 Å². The van der Waals surface area contributed by atoms with E-state index in [1.165, 1.54) is 36.5 Å². The van der Waals surface area contributed by atoms with E-state index < -0.39 is 215 Å². The molecule has 20 atom stereocenters. The molecule has 678 valence electrons. The Morgan fingerprint density at radius 1 is 0.520 bits per heavy atom. The lowest BCUT2D eigenvalue weighted by molar-refractivity contribution is -0.219. The summed E-state index contributed by atoms with van der Waals surface area (Å²) < 4.78 is 118. The second kappa shape index (κ2) is 35.8. The minimum Gasteiger partial charge on any atom is -0.449 e. The van der Waals surface area contributed by atoms with E-state index in [2.05, 4.69) is 28.6 Å². The Morgan fingerprint density at radius 3 is 1.32 bits per heavy atom. The Bertz CT molecular complexity index is 5120. The monoisotopic (exact) mass is 1830 g/mol. The van der Waals surface area contributed by atoms with Gasteiger partial charge in [-0.3, -0.25) is 80.6 Å². The highest BCUT2D eigenvalue weighted by Crippen LogP contribution is 2.74. The number of carbonyl (C=O) groups is 13. The second-order valence-corrected chi connectivity index (χ2v) is 40.0. The Kier molecular flexibility index (Phi) is 27.4. The van der Waals surface area contributed by atoms with E-state index in [0.29, 0.717) is 29.1 Å². The number of ketones is 4. The van der Waals surface area contributed by atoms with Gasteiger partial charge in [-0.2, -0.15) is 8.62 Å². The highest BCUT2D eigenvalue weighted by atomic mass is 31.3. The maximum Gasteiger partial charge on any atom is 0.481 e. The number of benzene rings is 2. The fourth-order valence-corrected chi connectivity index (χ4v) is 25.1. The number of hydrogen-bond donors (Lipinski definition) is 10. The zero-order valence-corrected chi connectivity index (χ0v) is 72.2. The maximum absolute atomic E-state index is 17.4. The van der Waals surface area contributed by atoms with E-state index in [1.54, 1.807) is 41.5 Å². The summed E-state index contributed by atoms with van der Waals surface area (Å²) in [7, 11) is -21.5. The Labute approximate surface area is 714 Å². The van der Waals surface area contributed by atoms with Crippen LogP contribution < -0.4 is 10.6 Å². The fraction of sp³-hybridized carbons (Fsp3) is 0.543. The van der Waals surface area contributed by atoms with Crippen LogP contribution in [0, 0.1) is 57.2 Å². The van der Waals surface area contributed by atoms with Gasteiger partial charge in [0.2, 0.25) is 5.91 Å². The number of nitrogens with one attached hydrogen (secondary N) is 2. The van der Waals surface area contributed by atoms with Crippen LogP contribution in [0.1, 0.15) is 136 Å². The van der Waals surface area contributed by atoms with Crippen LogP contribution in [0.4, 0.5) is 13.6 Å². The number of hydrogen-bond acceptors (Lipinski definition) is 29. The van der Waals surface area contributed by atoms with Gasteiger partial charge in [0.1, 0.15) is 31.0 Å². The normalized spacial score (nSPS) is 34.0. The molecule has 1 saturated heterocycles. The minimum absolute atomic E-state index is 0.0130. The standard InChI is InChI=1S/C39H46FNO13P2.C31H41FN2O14P2.C11H10N2O6/c1-23-18-32-31-13-12-24-19-25(42)14-15-36(24,2)38(31,40)33(43)20-37(32,3)39(23,46)34(44)22-53-56(49,50)54-55(47,48)52-17-16-41-35(45)51-21-30-28-10-6-4-8-26(28)27-9-5-7-11-29(27)30;1-18-14-22-21-5-4-19-15-20(35)8-10-28(19,2)30(21,32)23(36)16-29(22,3)31(18,41)24(37)17-47-50(44,45)48-49(42,43)46-13-11-33-25(38)9-12-34-26(39)6-7-27(34)40;14-7-1-2-8(15)12(7)6-5-11(18)19-13-9(16)3-4-10(13)17/h4-11,14-15,19,23,30-33,43,46H,12-13,16-18,20-22H2,1-3H3,(H,41,45)(H,47,48)(H,49,50);6-8,10,15,18,21-23,36,41H,4-5,9,11-14,16-17H2,1-3H3,(H,33,38)(H,42,43)(H,44,45);1-2H,3-6H2/t23-,31+,32+,33+,36+,37+,38+,39+;18-,21+,22+,23+,28+,29+,30+,31+;/m11./s1. The molecule has 44 heteroatoms. The van der Waals surface area contributed by atoms with Gasteiger partial charge < -0.3 is 60.2 Å². The van der Waals surface area contributed by atoms with Gasteiger partial charge in [-0.15, -0.1) is 5.06 Å². The predicted molar refractivity (Wildman–Crippen MR) is 425 cm³/mol. The molecule has 8 amide bonds. The van der Waals surface area contributed by atoms with E-state index in [9.17, 15) is 121 Å². The quantitative estimate of drug-likeness (QED) is 0.0247. The number of imide groups is 3. The lowest BCUT2D eigenvalue weighted by Crippen LogP contribution is -2.69. The van der Waals surface area contributed by atoms with E-state index in [0.717, 1.165) is 56.4 Å². The molecule has 2 aromatic carbocycles. The summed E-state index contributed by atoms with van der Waals surface area (Å²) in [6.45, 7) is 4.72. The molecule has 0 spiro atoms. The molecule has 7 fully saturated rings. The molecule has 6 saturated carbocycles. The third-order valence-electron chi connectivity index (χ3n) is 27.2. The van der Waals surface area contributed by atoms with Gasteiger partial charge in [0.25, 0.3) is 35.4 Å². The van der Waals surface area contributed by atoms with Crippen molar-refractivity contribution < 1.29 is 166 Å². The number of carbonyl (C=O) groups excluding carboxylic acids is 13. The van der Waals surface area contributed by atoms with Crippen molar-refractivity contribution in [2.75, 3.05) is 59.2 Å². The number of nitrogens with zero attached hydrogens (tertiary/aromatic N) is 3. The Hall–Kier alpha value is -8.59. The van der Waals surface area contributed by atoms with E-state index in [4.69, 9.17) is 18.3 Å². The van der Waals surface area contributed by atoms with E-state index in [1.807, 2.05) is 48.5 Å². The van der Waals surface area contributed by atoms with Crippen LogP contribution in [-0.4, -0.2) is 225 Å². The number of aliphatic hydroxyl groups excluding tert-OH is 2. The molecule has 0 aromatic heterocycles. The predicted octanol–water partition coefficient (Wildman–Crippen LogP) is 6.19. The van der Waals surface area contributed by atoms with Crippen LogP contribution in [0.25, 0.3) is 11.1 Å². The van der Waals surface area contributed by atoms with E-state index >= 15 is 8.78 Å². The van der Waals surface area contributed by atoms with Crippen molar-refractivity contribution in [2.24, 2.45) is 57.2 Å². The first-order valence-electron chi connectivity index (χ1n) is 40.3. The van der Waals surface area contributed by atoms with Gasteiger partial charge in [0.05, 0.1) is 31.8 Å². The van der Waals surface area contributed by atoms with Crippen molar-refractivity contribution in [3.05, 3.63) is 132 Å². The summed E-state index contributed by atoms with van der Waals surface area (Å²) in [6.07, 6.45) is 8.93. The molecular weight excluding hydrogens is 1730 g/mol. The van der Waals surface area contributed by atoms with Crippen molar-refractivity contribution in [1.82, 2.24) is 25.5 Å². The first kappa shape index (κ1) is 95.5. The number of phosphoric ester groups is 4. The zero-order chi connectivity index (χ0) is 91.5. The summed E-state index contributed by atoms with van der Waals surface area (Å²) in [5.41, 5.74) is -9.05. The summed E-state index contributed by atoms with van der Waals surface area (Å²) in [5.74, 6) is -12.1. The van der Waals surface area contributed by atoms with Crippen molar-refractivity contribution in [3.63, 3.8) is 0 Å². The average Bonchev–Trinajstić information content (AvgIpc) is 1.58. The summed E-state index contributed by atoms with van der Waals surface area (Å²) in [5, 5.41) is 52.1. The van der Waals surface area contributed by atoms with Crippen LogP contribution in [0.3, 0.4) is 0 Å². The highest BCUT2D eigenvalue weighted by Gasteiger charge is 2.78. The zero-order valence-electron chi connectivity index (χ0n) is 68.6. The molecule has 0 radical (unpaired) electrons. The third-order valence-corrected chi connectivity index (χ3v) is 32.4. The maximum atomic E-state index is 17.4. The number of allylic oxidation sites excluding steroid dienone is 8. The number of alkyl halides is 2. The molecule has 3 aliphatic heterocycles. The molecule has 14 rings (SSSR count). The van der Waals surface area contributed by atoms with Crippen molar-refractivity contribution in [2.45, 2.75) is 159 Å². The summed E-state index contributed by atoms with van der Waals surface area (Å²) in [4.78, 5) is 202. The molecule has 10 N–H and O–H groups in total. The SMILES string of the molecule is C[C@@H]1C[C@H]2[C@@H]3CCC4=CC(=O)C=C[C@]4(C)[C@@]3(F)[C@@H](O)C[C@]2(C)[C@@]1(O)C(=O)COP(=O)(O)OP(=O)(O)OCCNC(=O)CCN1C(=O)C=CC1=O.C[C@@H]1C[C@H]2[C@@H]3CCC4=CC(=O)C=C[C@]4(C)[C@@]3(F)[C@@H](O)C[C@]2(C)[C@@]1(O)C(=O)COP(=O)(O)OP(=O)(O)OCCNC(=O)OCC1c2ccccc2-c2ccccc21.O=C(CCN1C(=O)C=CC1=O)ON1C(=O)CCC1=O. The van der Waals surface area contributed by atoms with Gasteiger partial charge in [-0.1, -0.05) is 99.5 Å². The second-order valence-electron chi connectivity index (χ2n) is 33.9. The molecule has 3 heterocycles. The molecule has 0 bridgehead atoms. The smallest absolute Gasteiger partial charge is 0.449 e. The summed E-state index contributed by atoms with van der Waals surface area (Å²) in [6, 6.07) is 15.6. The van der Waals surface area contributed by atoms with Crippen molar-refractivity contribution in [1.29, 1.82) is 0 Å². The van der Waals surface area contributed by atoms with Crippen LogP contribution in [0.2, 0.25) is 0 Å². The number of hydroxylamine groups is 2. The molecule has 38 nitrogen and oxygen atoms in total. The van der Waals surface area contributed by atoms with E-state index in [-0.39, 0.29) is 114 Å². The van der Waals surface area contributed by atoms with Crippen molar-refractivity contribution in [3.8, 4) is 11.1 Å². The number of halogens is 2. The Morgan fingerprint density at radius 2 is 0.904 bits per heavy atom. The fourth-order valence-electron chi connectivity index (χ4n) is 21.1. The molecule has 2 aromatic rings. The highest BCUT2D eigenvalue weighted by molar-refractivity contribution is 7.61. The number of aliphatic hydroxyl groups is 4. The van der Waals surface area contributed by atoms with Crippen LogP contribution in [0.15, 0.2) is 120 Å². The summed E-state index contributed by atoms with van der Waals surface area (Å²) >= 11 is 0. The topological polar surface area (TPSA) is 560 Å². The largest absolute Gasteiger partial charge is 0.481 e. The van der Waals surface area contributed by atoms with Crippen LogP contribution in [0.5, 0.6) is 0 Å². The number of phosphoric acid groups is 4. The number of ether oxygens (including phenoxy) is 1. The average molecular weight is 1830 g/mol. The number of rotatable bonds is 29. The molecular formula is C81H97F2N5O33P4. The molecule has 9 aliphatic carbocycles. The first-order valence-corrected chi connectivity index (χ1v) is 46.3. The first-order chi connectivity index (χ1) is 58.4. The van der Waals surface area contributed by atoms with Crippen LogP contribution in [-0.2, 0) is 112 Å².